The Balaban J connectivity index is 1.80. The van der Waals surface area contributed by atoms with Gasteiger partial charge in [0.05, 0.1) is 11.3 Å². The molecular weight excluding hydrogens is 314 g/mol. The summed E-state index contributed by atoms with van der Waals surface area (Å²) in [7, 11) is 0. The van der Waals surface area contributed by atoms with Crippen molar-refractivity contribution in [2.45, 2.75) is 58.1 Å². The molecular formula is C17H22ClN3O2. The lowest BCUT2D eigenvalue weighted by molar-refractivity contribution is -0.161. The van der Waals surface area contributed by atoms with E-state index in [4.69, 9.17) is 16.3 Å². The fourth-order valence-electron chi connectivity index (χ4n) is 3.25. The Bertz CT molecular complexity index is 720. The average molecular weight is 336 g/mol. The fraction of sp³-hybridized carbons (Fsp3) is 0.588. The summed E-state index contributed by atoms with van der Waals surface area (Å²) >= 11 is 6.12. The Morgan fingerprint density at radius 1 is 1.35 bits per heavy atom. The number of aromatic nitrogens is 3. The van der Waals surface area contributed by atoms with E-state index in [-0.39, 0.29) is 17.9 Å². The molecule has 1 aliphatic carbocycles. The van der Waals surface area contributed by atoms with Gasteiger partial charge in [-0.05, 0) is 46.1 Å². The number of fused-ring (bicyclic) bond motifs is 1. The van der Waals surface area contributed by atoms with Gasteiger partial charge < -0.3 is 9.30 Å². The van der Waals surface area contributed by atoms with E-state index in [1.54, 1.807) is 0 Å². The zero-order valence-electron chi connectivity index (χ0n) is 13.8. The number of nitrogens with zero attached hydrogens (tertiary/aromatic N) is 3. The second-order valence-corrected chi connectivity index (χ2v) is 7.53. The molecule has 0 spiro atoms. The molecule has 124 valence electrons. The number of carbonyl (C=O) groups excluding carboxylic acids is 1. The molecule has 0 aromatic carbocycles. The fourth-order valence-corrected chi connectivity index (χ4v) is 3.44. The van der Waals surface area contributed by atoms with E-state index >= 15 is 0 Å². The predicted molar refractivity (Wildman–Crippen MR) is 89.4 cm³/mol. The third-order valence-electron chi connectivity index (χ3n) is 4.24. The second-order valence-electron chi connectivity index (χ2n) is 7.18. The van der Waals surface area contributed by atoms with Crippen LogP contribution in [0.3, 0.4) is 0 Å². The Kier molecular flexibility index (Phi) is 4.32. The van der Waals surface area contributed by atoms with Crippen molar-refractivity contribution in [2.75, 3.05) is 0 Å². The Morgan fingerprint density at radius 3 is 2.87 bits per heavy atom. The third-order valence-corrected chi connectivity index (χ3v) is 4.54. The van der Waals surface area contributed by atoms with E-state index < -0.39 is 5.60 Å². The van der Waals surface area contributed by atoms with Crippen molar-refractivity contribution in [3.8, 4) is 0 Å². The third kappa shape index (κ3) is 3.50. The standard InChI is InChI=1S/C17H22ClN3O2/c1-17(2,3)23-16(22)11-5-4-6-12(9-11)21-8-7-13-14(18)19-10-20-15(13)21/h7-8,10-12H,4-6,9H2,1-3H3. The van der Waals surface area contributed by atoms with Gasteiger partial charge in [0.15, 0.2) is 0 Å². The Morgan fingerprint density at radius 2 is 2.13 bits per heavy atom. The second kappa shape index (κ2) is 6.11. The van der Waals surface area contributed by atoms with E-state index in [2.05, 4.69) is 14.5 Å². The lowest BCUT2D eigenvalue weighted by Crippen LogP contribution is -2.32. The van der Waals surface area contributed by atoms with E-state index in [0.29, 0.717) is 5.15 Å². The molecule has 1 fully saturated rings. The summed E-state index contributed by atoms with van der Waals surface area (Å²) in [5.41, 5.74) is 0.394. The summed E-state index contributed by atoms with van der Waals surface area (Å²) in [6.07, 6.45) is 7.18. The van der Waals surface area contributed by atoms with Crippen LogP contribution < -0.4 is 0 Å². The van der Waals surface area contributed by atoms with Crippen LogP contribution in [-0.4, -0.2) is 26.1 Å². The maximum Gasteiger partial charge on any atom is 0.309 e. The molecule has 3 rings (SSSR count). The van der Waals surface area contributed by atoms with E-state index in [9.17, 15) is 4.79 Å². The van der Waals surface area contributed by atoms with E-state index in [1.165, 1.54) is 6.33 Å². The van der Waals surface area contributed by atoms with Crippen molar-refractivity contribution in [2.24, 2.45) is 5.92 Å². The van der Waals surface area contributed by atoms with Crippen LogP contribution in [0.25, 0.3) is 11.0 Å². The Labute approximate surface area is 141 Å². The zero-order valence-corrected chi connectivity index (χ0v) is 14.5. The van der Waals surface area contributed by atoms with Crippen molar-refractivity contribution in [1.29, 1.82) is 0 Å². The molecule has 6 heteroatoms. The minimum absolute atomic E-state index is 0.0530. The van der Waals surface area contributed by atoms with Crippen LogP contribution >= 0.6 is 11.6 Å². The highest BCUT2D eigenvalue weighted by Crippen LogP contribution is 2.36. The number of halogens is 1. The molecule has 0 amide bonds. The lowest BCUT2D eigenvalue weighted by atomic mass is 9.85. The van der Waals surface area contributed by atoms with Crippen molar-refractivity contribution < 1.29 is 9.53 Å². The number of hydrogen-bond donors (Lipinski definition) is 0. The van der Waals surface area contributed by atoms with Gasteiger partial charge >= 0.3 is 5.97 Å². The molecule has 5 nitrogen and oxygen atoms in total. The van der Waals surface area contributed by atoms with Gasteiger partial charge in [-0.2, -0.15) is 0 Å². The van der Waals surface area contributed by atoms with Crippen molar-refractivity contribution in [3.63, 3.8) is 0 Å². The smallest absolute Gasteiger partial charge is 0.309 e. The highest BCUT2D eigenvalue weighted by atomic mass is 35.5. The minimum atomic E-state index is -0.440. The van der Waals surface area contributed by atoms with Crippen molar-refractivity contribution in [3.05, 3.63) is 23.7 Å². The maximum atomic E-state index is 12.4. The van der Waals surface area contributed by atoms with Gasteiger partial charge in [0, 0.05) is 12.2 Å². The van der Waals surface area contributed by atoms with Crippen LogP contribution in [0.1, 0.15) is 52.5 Å². The first-order chi connectivity index (χ1) is 10.8. The molecule has 2 aromatic heterocycles. The summed E-state index contributed by atoms with van der Waals surface area (Å²) in [5, 5.41) is 1.32. The molecule has 23 heavy (non-hydrogen) atoms. The highest BCUT2D eigenvalue weighted by molar-refractivity contribution is 6.33. The monoisotopic (exact) mass is 335 g/mol. The van der Waals surface area contributed by atoms with Gasteiger partial charge in [0.1, 0.15) is 22.7 Å². The van der Waals surface area contributed by atoms with Crippen LogP contribution in [0.5, 0.6) is 0 Å². The molecule has 2 atom stereocenters. The van der Waals surface area contributed by atoms with Gasteiger partial charge in [-0.25, -0.2) is 9.97 Å². The molecule has 0 radical (unpaired) electrons. The minimum Gasteiger partial charge on any atom is -0.460 e. The van der Waals surface area contributed by atoms with Gasteiger partial charge in [-0.3, -0.25) is 4.79 Å². The normalized spacial score (nSPS) is 22.3. The molecule has 1 aliphatic rings. The summed E-state index contributed by atoms with van der Waals surface area (Å²) in [5.74, 6) is -0.144. The van der Waals surface area contributed by atoms with Crippen LogP contribution in [0.4, 0.5) is 0 Å². The first kappa shape index (κ1) is 16.2. The summed E-state index contributed by atoms with van der Waals surface area (Å²) < 4.78 is 7.68. The molecule has 0 N–H and O–H groups in total. The number of esters is 1. The lowest BCUT2D eigenvalue weighted by Gasteiger charge is -2.31. The first-order valence-corrected chi connectivity index (χ1v) is 8.43. The summed E-state index contributed by atoms with van der Waals surface area (Å²) in [6, 6.07) is 2.18. The van der Waals surface area contributed by atoms with Crippen LogP contribution in [0.15, 0.2) is 18.6 Å². The topological polar surface area (TPSA) is 57.0 Å². The average Bonchev–Trinajstić information content (AvgIpc) is 2.91. The summed E-state index contributed by atoms with van der Waals surface area (Å²) in [4.78, 5) is 20.7. The van der Waals surface area contributed by atoms with Crippen LogP contribution in [0.2, 0.25) is 5.15 Å². The molecule has 2 heterocycles. The van der Waals surface area contributed by atoms with E-state index in [1.807, 2.05) is 33.0 Å². The number of rotatable bonds is 2. The van der Waals surface area contributed by atoms with Gasteiger partial charge in [-0.15, -0.1) is 0 Å². The van der Waals surface area contributed by atoms with Crippen molar-refractivity contribution in [1.82, 2.24) is 14.5 Å². The molecule has 2 unspecified atom stereocenters. The number of ether oxygens (including phenoxy) is 1. The van der Waals surface area contributed by atoms with Gasteiger partial charge in [0.25, 0.3) is 0 Å². The van der Waals surface area contributed by atoms with Gasteiger partial charge in [-0.1, -0.05) is 18.0 Å². The first-order valence-electron chi connectivity index (χ1n) is 8.05. The molecule has 0 aliphatic heterocycles. The molecule has 2 aromatic rings. The molecule has 0 saturated heterocycles. The maximum absolute atomic E-state index is 12.4. The Hall–Kier alpha value is -1.62. The predicted octanol–water partition coefficient (Wildman–Crippen LogP) is 4.16. The number of carbonyl (C=O) groups is 1. The number of hydrogen-bond acceptors (Lipinski definition) is 4. The van der Waals surface area contributed by atoms with Crippen LogP contribution in [-0.2, 0) is 9.53 Å². The highest BCUT2D eigenvalue weighted by Gasteiger charge is 2.32. The SMILES string of the molecule is CC(C)(C)OC(=O)C1CCCC(n2ccc3c(Cl)ncnc32)C1. The zero-order chi connectivity index (χ0) is 16.6. The van der Waals surface area contributed by atoms with E-state index in [0.717, 1.165) is 36.7 Å². The van der Waals surface area contributed by atoms with Crippen molar-refractivity contribution >= 4 is 28.6 Å². The summed E-state index contributed by atoms with van der Waals surface area (Å²) in [6.45, 7) is 5.72. The quantitative estimate of drug-likeness (QED) is 0.611. The molecule has 1 saturated carbocycles. The molecule has 0 bridgehead atoms. The van der Waals surface area contributed by atoms with Gasteiger partial charge in [0.2, 0.25) is 0 Å². The van der Waals surface area contributed by atoms with Crippen LogP contribution in [0, 0.1) is 5.92 Å². The largest absolute Gasteiger partial charge is 0.460 e.